The van der Waals surface area contributed by atoms with Gasteiger partial charge in [0.1, 0.15) is 0 Å². The van der Waals surface area contributed by atoms with Gasteiger partial charge >= 0.3 is 0 Å². The second kappa shape index (κ2) is 7.80. The van der Waals surface area contributed by atoms with Gasteiger partial charge in [0.05, 0.1) is 6.04 Å². The number of fused-ring (bicyclic) bond motifs is 1. The van der Waals surface area contributed by atoms with Crippen molar-refractivity contribution in [3.8, 4) is 11.1 Å². The predicted octanol–water partition coefficient (Wildman–Crippen LogP) is 4.42. The number of benzene rings is 2. The normalized spacial score (nSPS) is 20.2. The maximum atomic E-state index is 13.6. The van der Waals surface area contributed by atoms with Gasteiger partial charge in [0.15, 0.2) is 0 Å². The highest BCUT2D eigenvalue weighted by Crippen LogP contribution is 2.36. The lowest BCUT2D eigenvalue weighted by atomic mass is 9.82. The minimum absolute atomic E-state index is 0.114. The molecule has 5 heteroatoms. The van der Waals surface area contributed by atoms with E-state index in [1.807, 2.05) is 49.1 Å². The fourth-order valence-electron chi connectivity index (χ4n) is 4.87. The smallest absolute Gasteiger partial charge is 0.254 e. The highest BCUT2D eigenvalue weighted by Gasteiger charge is 2.45. The largest absolute Gasteiger partial charge is 0.337 e. The van der Waals surface area contributed by atoms with E-state index in [1.165, 1.54) is 5.56 Å². The minimum atomic E-state index is 0.114. The number of amides is 1. The average molecular weight is 413 g/mol. The van der Waals surface area contributed by atoms with Crippen LogP contribution in [-0.4, -0.2) is 46.5 Å². The molecule has 0 N–H and O–H groups in total. The van der Waals surface area contributed by atoms with Crippen molar-refractivity contribution in [2.45, 2.75) is 33.2 Å². The summed E-state index contributed by atoms with van der Waals surface area (Å²) in [5.41, 5.74) is 6.05. The van der Waals surface area contributed by atoms with Gasteiger partial charge in [-0.2, -0.15) is 0 Å². The lowest BCUT2D eigenvalue weighted by molar-refractivity contribution is 0.0590. The second-order valence-electron chi connectivity index (χ2n) is 8.88. The van der Waals surface area contributed by atoms with Crippen LogP contribution in [0.3, 0.4) is 0 Å². The molecule has 0 bridgehead atoms. The molecule has 5 rings (SSSR count). The Balaban J connectivity index is 1.38. The number of aryl methyl sites for hydroxylation is 3. The maximum Gasteiger partial charge on any atom is 0.254 e. The number of hydrogen-bond acceptors (Lipinski definition) is 4. The van der Waals surface area contributed by atoms with Gasteiger partial charge < -0.3 is 9.80 Å². The van der Waals surface area contributed by atoms with Crippen LogP contribution in [0.25, 0.3) is 11.1 Å². The summed E-state index contributed by atoms with van der Waals surface area (Å²) in [6.07, 6.45) is 1.03. The summed E-state index contributed by atoms with van der Waals surface area (Å²) in [5.74, 6) is 1.52. The van der Waals surface area contributed by atoms with Crippen molar-refractivity contribution in [3.05, 3.63) is 77.1 Å². The van der Waals surface area contributed by atoms with Crippen LogP contribution in [0.15, 0.2) is 54.6 Å². The molecule has 2 aliphatic heterocycles. The van der Waals surface area contributed by atoms with Crippen molar-refractivity contribution in [2.24, 2.45) is 5.92 Å². The first-order valence-corrected chi connectivity index (χ1v) is 11.0. The summed E-state index contributed by atoms with van der Waals surface area (Å²) in [6.45, 7) is 8.61. The van der Waals surface area contributed by atoms with E-state index in [2.05, 4.69) is 46.1 Å². The predicted molar refractivity (Wildman–Crippen MR) is 123 cm³/mol. The van der Waals surface area contributed by atoms with Gasteiger partial charge in [-0.05, 0) is 50.5 Å². The number of carbonyl (C=O) groups excluding carboxylic acids is 1. The SMILES string of the molecule is Cc1ccc(-c2ccccc2C(=O)N2CCC3CN(c4nc(C)cc(C)n4)C3C2)cc1. The molecule has 0 spiro atoms. The zero-order chi connectivity index (χ0) is 21.5. The molecule has 2 aromatic carbocycles. The summed E-state index contributed by atoms with van der Waals surface area (Å²) < 4.78 is 0. The van der Waals surface area contributed by atoms with Crippen LogP contribution in [0.5, 0.6) is 0 Å². The molecule has 0 radical (unpaired) electrons. The average Bonchev–Trinajstić information content (AvgIpc) is 2.74. The zero-order valence-corrected chi connectivity index (χ0v) is 18.4. The topological polar surface area (TPSA) is 49.3 Å². The number of carbonyl (C=O) groups is 1. The molecule has 1 aromatic heterocycles. The van der Waals surface area contributed by atoms with Crippen LogP contribution < -0.4 is 4.90 Å². The summed E-state index contributed by atoms with van der Waals surface area (Å²) in [5, 5.41) is 0. The Bertz CT molecular complexity index is 1100. The number of nitrogens with zero attached hydrogens (tertiary/aromatic N) is 4. The first-order chi connectivity index (χ1) is 15.0. The molecule has 2 fully saturated rings. The minimum Gasteiger partial charge on any atom is -0.337 e. The molecular formula is C26H28N4O. The van der Waals surface area contributed by atoms with Crippen LogP contribution in [0.2, 0.25) is 0 Å². The third-order valence-corrected chi connectivity index (χ3v) is 6.59. The number of hydrogen-bond donors (Lipinski definition) is 0. The standard InChI is InChI=1S/C26H28N4O/c1-17-8-10-20(11-9-17)22-6-4-5-7-23(22)25(31)29-13-12-21-15-30(24(21)16-29)26-27-18(2)14-19(3)28-26/h4-11,14,21,24H,12-13,15-16H2,1-3H3. The highest BCUT2D eigenvalue weighted by atomic mass is 16.2. The van der Waals surface area contributed by atoms with Gasteiger partial charge in [-0.3, -0.25) is 4.79 Å². The van der Waals surface area contributed by atoms with Crippen LogP contribution >= 0.6 is 0 Å². The molecule has 2 aliphatic rings. The maximum absolute atomic E-state index is 13.6. The summed E-state index contributed by atoms with van der Waals surface area (Å²) >= 11 is 0. The number of likely N-dealkylation sites (tertiary alicyclic amines) is 1. The molecular weight excluding hydrogens is 384 g/mol. The molecule has 3 heterocycles. The molecule has 2 saturated heterocycles. The third kappa shape index (κ3) is 3.69. The van der Waals surface area contributed by atoms with E-state index in [9.17, 15) is 4.79 Å². The molecule has 2 unspecified atom stereocenters. The lowest BCUT2D eigenvalue weighted by Gasteiger charge is -2.53. The Kier molecular flexibility index (Phi) is 4.97. The van der Waals surface area contributed by atoms with E-state index in [0.717, 1.165) is 60.1 Å². The molecule has 0 saturated carbocycles. The third-order valence-electron chi connectivity index (χ3n) is 6.59. The van der Waals surface area contributed by atoms with Crippen LogP contribution in [0.4, 0.5) is 5.95 Å². The van der Waals surface area contributed by atoms with Crippen molar-refractivity contribution in [1.29, 1.82) is 0 Å². The fourth-order valence-corrected chi connectivity index (χ4v) is 4.87. The Labute approximate surface area is 183 Å². The summed E-state index contributed by atoms with van der Waals surface area (Å²) in [6, 6.07) is 18.6. The summed E-state index contributed by atoms with van der Waals surface area (Å²) in [7, 11) is 0. The van der Waals surface area contributed by atoms with Gasteiger partial charge in [0.2, 0.25) is 5.95 Å². The monoisotopic (exact) mass is 412 g/mol. The van der Waals surface area contributed by atoms with Crippen molar-refractivity contribution in [1.82, 2.24) is 14.9 Å². The second-order valence-corrected chi connectivity index (χ2v) is 8.88. The Hall–Kier alpha value is -3.21. The molecule has 0 aliphatic carbocycles. The van der Waals surface area contributed by atoms with E-state index >= 15 is 0 Å². The van der Waals surface area contributed by atoms with E-state index in [4.69, 9.17) is 0 Å². The number of aromatic nitrogens is 2. The highest BCUT2D eigenvalue weighted by molar-refractivity contribution is 6.01. The Morgan fingerprint density at radius 2 is 1.65 bits per heavy atom. The zero-order valence-electron chi connectivity index (χ0n) is 18.4. The van der Waals surface area contributed by atoms with Crippen LogP contribution in [-0.2, 0) is 0 Å². The van der Waals surface area contributed by atoms with Gasteiger partial charge in [-0.1, -0.05) is 48.0 Å². The van der Waals surface area contributed by atoms with Crippen LogP contribution in [0, 0.1) is 26.7 Å². The Morgan fingerprint density at radius 3 is 2.39 bits per heavy atom. The Morgan fingerprint density at radius 1 is 0.935 bits per heavy atom. The molecule has 3 aromatic rings. The molecule has 1 amide bonds. The van der Waals surface area contributed by atoms with Gasteiger partial charge in [0, 0.05) is 42.5 Å². The van der Waals surface area contributed by atoms with Crippen molar-refractivity contribution < 1.29 is 4.79 Å². The first-order valence-electron chi connectivity index (χ1n) is 11.0. The number of rotatable bonds is 3. The van der Waals surface area contributed by atoms with Crippen molar-refractivity contribution in [3.63, 3.8) is 0 Å². The fraction of sp³-hybridized carbons (Fsp3) is 0.346. The van der Waals surface area contributed by atoms with E-state index in [1.54, 1.807) is 0 Å². The molecule has 158 valence electrons. The quantitative estimate of drug-likeness (QED) is 0.639. The van der Waals surface area contributed by atoms with Crippen molar-refractivity contribution >= 4 is 11.9 Å². The molecule has 5 nitrogen and oxygen atoms in total. The lowest BCUT2D eigenvalue weighted by Crippen LogP contribution is -2.65. The summed E-state index contributed by atoms with van der Waals surface area (Å²) in [4.78, 5) is 27.2. The molecule has 31 heavy (non-hydrogen) atoms. The van der Waals surface area contributed by atoms with Crippen molar-refractivity contribution in [2.75, 3.05) is 24.5 Å². The van der Waals surface area contributed by atoms with Gasteiger partial charge in [0.25, 0.3) is 5.91 Å². The molecule has 2 atom stereocenters. The van der Waals surface area contributed by atoms with Crippen LogP contribution in [0.1, 0.15) is 33.7 Å². The van der Waals surface area contributed by atoms with Gasteiger partial charge in [-0.25, -0.2) is 9.97 Å². The van der Waals surface area contributed by atoms with E-state index < -0.39 is 0 Å². The number of piperidine rings is 1. The van der Waals surface area contributed by atoms with Gasteiger partial charge in [-0.15, -0.1) is 0 Å². The number of anilines is 1. The first kappa shape index (κ1) is 19.7. The van der Waals surface area contributed by atoms with E-state index in [0.29, 0.717) is 12.0 Å². The van der Waals surface area contributed by atoms with E-state index in [-0.39, 0.29) is 5.91 Å².